The predicted molar refractivity (Wildman–Crippen MR) is 136 cm³/mol. The Bertz CT molecular complexity index is 1650. The van der Waals surface area contributed by atoms with Crippen LogP contribution in [0.15, 0.2) is 77.8 Å². The highest BCUT2D eigenvalue weighted by molar-refractivity contribution is 7.16. The molecule has 4 nitrogen and oxygen atoms in total. The highest BCUT2D eigenvalue weighted by atomic mass is 35.5. The Morgan fingerprint density at radius 1 is 1.06 bits per heavy atom. The molecule has 0 fully saturated rings. The van der Waals surface area contributed by atoms with Crippen LogP contribution in [0.5, 0.6) is 0 Å². The first-order valence-electron chi connectivity index (χ1n) is 10.0. The summed E-state index contributed by atoms with van der Waals surface area (Å²) in [5.41, 5.74) is 3.52. The van der Waals surface area contributed by atoms with Crippen LogP contribution >= 0.6 is 34.5 Å². The first-order valence-corrected chi connectivity index (χ1v) is 11.6. The van der Waals surface area contributed by atoms with Crippen molar-refractivity contribution in [2.45, 2.75) is 6.54 Å². The van der Waals surface area contributed by atoms with Gasteiger partial charge in [-0.25, -0.2) is 4.98 Å². The summed E-state index contributed by atoms with van der Waals surface area (Å²) >= 11 is 13.9. The van der Waals surface area contributed by atoms with Gasteiger partial charge in [0.15, 0.2) is 4.80 Å². The molecule has 7 heteroatoms. The number of pyridine rings is 1. The number of terminal acetylenes is 1. The molecule has 0 saturated heterocycles. The monoisotopic (exact) mass is 487 g/mol. The van der Waals surface area contributed by atoms with Gasteiger partial charge in [0.1, 0.15) is 0 Å². The number of para-hydroxylation sites is 1. The van der Waals surface area contributed by atoms with Gasteiger partial charge in [-0.15, -0.1) is 6.42 Å². The average molecular weight is 488 g/mol. The molecule has 5 rings (SSSR count). The molecule has 0 unspecified atom stereocenters. The van der Waals surface area contributed by atoms with E-state index in [0.717, 1.165) is 21.2 Å². The van der Waals surface area contributed by atoms with Crippen molar-refractivity contribution in [3.8, 4) is 23.6 Å². The topological polar surface area (TPSA) is 47.2 Å². The zero-order chi connectivity index (χ0) is 22.9. The molecule has 0 aliphatic heterocycles. The van der Waals surface area contributed by atoms with Crippen LogP contribution in [0.1, 0.15) is 10.4 Å². The SMILES string of the molecule is C#CCn1c(=NC(=O)c2cc(-c3ccccc3)nc3ccccc23)sc2cc(Cl)cc(Cl)c21. The molecule has 0 atom stereocenters. The number of thiazole rings is 1. The lowest BCUT2D eigenvalue weighted by atomic mass is 10.0. The third-order valence-electron chi connectivity index (χ3n) is 5.16. The van der Waals surface area contributed by atoms with E-state index >= 15 is 0 Å². The largest absolute Gasteiger partial charge is 0.303 e. The molecule has 0 N–H and O–H groups in total. The van der Waals surface area contributed by atoms with Crippen molar-refractivity contribution in [3.63, 3.8) is 0 Å². The molecule has 0 aliphatic rings. The lowest BCUT2D eigenvalue weighted by Crippen LogP contribution is -2.17. The van der Waals surface area contributed by atoms with Crippen LogP contribution in [0.25, 0.3) is 32.4 Å². The zero-order valence-electron chi connectivity index (χ0n) is 17.1. The fourth-order valence-electron chi connectivity index (χ4n) is 3.71. The van der Waals surface area contributed by atoms with Crippen molar-refractivity contribution in [3.05, 3.63) is 93.2 Å². The number of rotatable bonds is 3. The molecule has 160 valence electrons. The molecule has 0 spiro atoms. The Morgan fingerprint density at radius 2 is 1.82 bits per heavy atom. The standard InChI is InChI=1S/C26H15Cl2N3OS/c1-2-12-31-24-20(28)13-17(27)14-23(24)33-26(31)30-25(32)19-15-22(16-8-4-3-5-9-16)29-21-11-7-6-10-18(19)21/h1,3-11,13-15H,12H2. The van der Waals surface area contributed by atoms with E-state index in [1.807, 2.05) is 54.6 Å². The van der Waals surface area contributed by atoms with Gasteiger partial charge in [-0.3, -0.25) is 4.79 Å². The van der Waals surface area contributed by atoms with E-state index in [1.54, 1.807) is 22.8 Å². The first kappa shape index (κ1) is 21.4. The fourth-order valence-corrected chi connectivity index (χ4v) is 5.52. The van der Waals surface area contributed by atoms with Gasteiger partial charge in [-0.05, 0) is 24.3 Å². The van der Waals surface area contributed by atoms with E-state index in [2.05, 4.69) is 10.9 Å². The Balaban J connectivity index is 1.73. The number of carbonyl (C=O) groups excluding carboxylic acids is 1. The average Bonchev–Trinajstić information content (AvgIpc) is 3.15. The van der Waals surface area contributed by atoms with Crippen LogP contribution in [0.4, 0.5) is 0 Å². The van der Waals surface area contributed by atoms with Crippen LogP contribution in [-0.2, 0) is 6.54 Å². The van der Waals surface area contributed by atoms with Crippen molar-refractivity contribution in [1.82, 2.24) is 9.55 Å². The summed E-state index contributed by atoms with van der Waals surface area (Å²) in [7, 11) is 0. The number of benzene rings is 3. The zero-order valence-corrected chi connectivity index (χ0v) is 19.5. The Kier molecular flexibility index (Phi) is 5.74. The van der Waals surface area contributed by atoms with Gasteiger partial charge in [0, 0.05) is 16.0 Å². The summed E-state index contributed by atoms with van der Waals surface area (Å²) in [5, 5.41) is 1.70. The Morgan fingerprint density at radius 3 is 2.61 bits per heavy atom. The van der Waals surface area contributed by atoms with Crippen LogP contribution in [0.2, 0.25) is 10.0 Å². The predicted octanol–water partition coefficient (Wildman–Crippen LogP) is 6.60. The number of nitrogens with zero attached hydrogens (tertiary/aromatic N) is 3. The molecule has 33 heavy (non-hydrogen) atoms. The van der Waals surface area contributed by atoms with Crippen LogP contribution < -0.4 is 4.80 Å². The van der Waals surface area contributed by atoms with Gasteiger partial charge in [-0.1, -0.05) is 89.0 Å². The smallest absolute Gasteiger partial charge is 0.280 e. The molecule has 0 aliphatic carbocycles. The number of amides is 1. The Labute approximate surface area is 203 Å². The molecule has 3 aromatic carbocycles. The van der Waals surface area contributed by atoms with Crippen molar-refractivity contribution in [1.29, 1.82) is 0 Å². The quantitative estimate of drug-likeness (QED) is 0.269. The molecule has 1 amide bonds. The maximum Gasteiger partial charge on any atom is 0.280 e. The second-order valence-corrected chi connectivity index (χ2v) is 9.12. The van der Waals surface area contributed by atoms with Crippen molar-refractivity contribution in [2.75, 3.05) is 0 Å². The van der Waals surface area contributed by atoms with Crippen molar-refractivity contribution in [2.24, 2.45) is 4.99 Å². The van der Waals surface area contributed by atoms with Crippen LogP contribution in [-0.4, -0.2) is 15.5 Å². The molecule has 0 saturated carbocycles. The minimum Gasteiger partial charge on any atom is -0.303 e. The lowest BCUT2D eigenvalue weighted by molar-refractivity contribution is 0.0999. The minimum atomic E-state index is -0.384. The van der Waals surface area contributed by atoms with Crippen LogP contribution in [0.3, 0.4) is 0 Å². The summed E-state index contributed by atoms with van der Waals surface area (Å²) < 4.78 is 2.57. The third kappa shape index (κ3) is 4.05. The highest BCUT2D eigenvalue weighted by Crippen LogP contribution is 2.30. The normalized spacial score (nSPS) is 11.7. The summed E-state index contributed by atoms with van der Waals surface area (Å²) in [6, 6.07) is 22.5. The van der Waals surface area contributed by atoms with Gasteiger partial charge in [0.25, 0.3) is 5.91 Å². The van der Waals surface area contributed by atoms with E-state index in [4.69, 9.17) is 34.6 Å². The van der Waals surface area contributed by atoms with E-state index in [1.165, 1.54) is 11.3 Å². The van der Waals surface area contributed by atoms with E-state index in [-0.39, 0.29) is 12.5 Å². The number of fused-ring (bicyclic) bond motifs is 2. The molecule has 0 radical (unpaired) electrons. The number of aromatic nitrogens is 2. The minimum absolute atomic E-state index is 0.222. The molecule has 0 bridgehead atoms. The molecule has 2 aromatic heterocycles. The summed E-state index contributed by atoms with van der Waals surface area (Å²) in [6.45, 7) is 0.222. The van der Waals surface area contributed by atoms with Crippen molar-refractivity contribution < 1.29 is 4.79 Å². The highest BCUT2D eigenvalue weighted by Gasteiger charge is 2.16. The summed E-state index contributed by atoms with van der Waals surface area (Å²) in [6.07, 6.45) is 5.59. The number of hydrogen-bond donors (Lipinski definition) is 0. The second-order valence-electron chi connectivity index (χ2n) is 7.26. The first-order chi connectivity index (χ1) is 16.0. The van der Waals surface area contributed by atoms with Gasteiger partial charge in [0.05, 0.1) is 38.6 Å². The Hall–Kier alpha value is -3.43. The van der Waals surface area contributed by atoms with Crippen LogP contribution in [0, 0.1) is 12.3 Å². The number of halogens is 2. The summed E-state index contributed by atoms with van der Waals surface area (Å²) in [4.78, 5) is 23.1. The molecular formula is C26H15Cl2N3OS. The third-order valence-corrected chi connectivity index (χ3v) is 6.69. The van der Waals surface area contributed by atoms with E-state index in [0.29, 0.717) is 31.6 Å². The number of carbonyl (C=O) groups is 1. The molecule has 2 heterocycles. The van der Waals surface area contributed by atoms with Crippen molar-refractivity contribution >= 4 is 61.6 Å². The molecular weight excluding hydrogens is 473 g/mol. The maximum absolute atomic E-state index is 13.5. The lowest BCUT2D eigenvalue weighted by Gasteiger charge is -2.08. The van der Waals surface area contributed by atoms with Gasteiger partial charge < -0.3 is 4.57 Å². The molecule has 5 aromatic rings. The van der Waals surface area contributed by atoms with Gasteiger partial charge in [-0.2, -0.15) is 4.99 Å². The maximum atomic E-state index is 13.5. The number of hydrogen-bond acceptors (Lipinski definition) is 3. The van der Waals surface area contributed by atoms with E-state index < -0.39 is 0 Å². The van der Waals surface area contributed by atoms with Gasteiger partial charge >= 0.3 is 0 Å². The van der Waals surface area contributed by atoms with Gasteiger partial charge in [0.2, 0.25) is 0 Å². The van der Waals surface area contributed by atoms with E-state index in [9.17, 15) is 4.79 Å². The second kappa shape index (κ2) is 8.84. The fraction of sp³-hybridized carbons (Fsp3) is 0.0385. The summed E-state index contributed by atoms with van der Waals surface area (Å²) in [5.74, 6) is 2.23.